The van der Waals surface area contributed by atoms with Gasteiger partial charge in [0.25, 0.3) is 0 Å². The van der Waals surface area contributed by atoms with Crippen molar-refractivity contribution in [2.45, 2.75) is 19.4 Å². The van der Waals surface area contributed by atoms with Gasteiger partial charge in [-0.3, -0.25) is 0 Å². The first-order valence-corrected chi connectivity index (χ1v) is 6.41. The van der Waals surface area contributed by atoms with Crippen LogP contribution in [0.2, 0.25) is 0 Å². The molecule has 94 valence electrons. The number of nitrogens with one attached hydrogen (secondary N) is 1. The molecule has 3 nitrogen and oxygen atoms in total. The van der Waals surface area contributed by atoms with Crippen LogP contribution < -0.4 is 5.32 Å². The number of phenols is 1. The van der Waals surface area contributed by atoms with Gasteiger partial charge in [0.15, 0.2) is 0 Å². The van der Waals surface area contributed by atoms with E-state index in [0.717, 1.165) is 24.6 Å². The fourth-order valence-electron chi connectivity index (χ4n) is 2.53. The van der Waals surface area contributed by atoms with Crippen LogP contribution in [0.3, 0.4) is 0 Å². The van der Waals surface area contributed by atoms with Crippen molar-refractivity contribution in [3.63, 3.8) is 0 Å². The molecule has 1 heterocycles. The van der Waals surface area contributed by atoms with Gasteiger partial charge in [-0.1, -0.05) is 12.1 Å². The smallest absolute Gasteiger partial charge is 0.115 e. The zero-order valence-corrected chi connectivity index (χ0v) is 10.5. The van der Waals surface area contributed by atoms with E-state index in [1.165, 1.54) is 25.9 Å². The van der Waals surface area contributed by atoms with E-state index in [2.05, 4.69) is 17.3 Å². The standard InChI is InChI=1S/C14H22N2O/c1-16-7-3-5-13(11-16)10-15-9-12-4-2-6-14(17)8-12/h2,4,6,8,13,15,17H,3,5,7,9-11H2,1H3. The average Bonchev–Trinajstić information content (AvgIpc) is 2.29. The van der Waals surface area contributed by atoms with Crippen molar-refractivity contribution < 1.29 is 5.11 Å². The van der Waals surface area contributed by atoms with Crippen LogP contribution in [0.5, 0.6) is 5.75 Å². The maximum atomic E-state index is 9.36. The number of rotatable bonds is 4. The molecule has 0 bridgehead atoms. The SMILES string of the molecule is CN1CCCC(CNCc2cccc(O)c2)C1. The van der Waals surface area contributed by atoms with Gasteiger partial charge in [0.2, 0.25) is 0 Å². The fraction of sp³-hybridized carbons (Fsp3) is 0.571. The van der Waals surface area contributed by atoms with Crippen molar-refractivity contribution in [2.24, 2.45) is 5.92 Å². The summed E-state index contributed by atoms with van der Waals surface area (Å²) in [4.78, 5) is 2.41. The lowest BCUT2D eigenvalue weighted by Crippen LogP contribution is -2.37. The number of piperidine rings is 1. The lowest BCUT2D eigenvalue weighted by atomic mass is 9.98. The van der Waals surface area contributed by atoms with Gasteiger partial charge in [-0.2, -0.15) is 0 Å². The van der Waals surface area contributed by atoms with E-state index in [-0.39, 0.29) is 0 Å². The van der Waals surface area contributed by atoms with Crippen LogP contribution in [0.4, 0.5) is 0 Å². The van der Waals surface area contributed by atoms with E-state index in [4.69, 9.17) is 0 Å². The maximum Gasteiger partial charge on any atom is 0.115 e. The van der Waals surface area contributed by atoms with Crippen molar-refractivity contribution in [1.29, 1.82) is 0 Å². The first-order chi connectivity index (χ1) is 8.24. The Morgan fingerprint density at radius 1 is 1.47 bits per heavy atom. The zero-order valence-electron chi connectivity index (χ0n) is 10.5. The summed E-state index contributed by atoms with van der Waals surface area (Å²) in [5.74, 6) is 1.12. The summed E-state index contributed by atoms with van der Waals surface area (Å²) in [7, 11) is 2.20. The number of benzene rings is 1. The highest BCUT2D eigenvalue weighted by Crippen LogP contribution is 2.14. The Morgan fingerprint density at radius 2 is 2.35 bits per heavy atom. The Balaban J connectivity index is 1.72. The van der Waals surface area contributed by atoms with Crippen LogP contribution in [0.15, 0.2) is 24.3 Å². The van der Waals surface area contributed by atoms with Gasteiger partial charge < -0.3 is 15.3 Å². The van der Waals surface area contributed by atoms with Crippen LogP contribution >= 0.6 is 0 Å². The summed E-state index contributed by atoms with van der Waals surface area (Å²) in [6.45, 7) is 4.35. The molecule has 1 saturated heterocycles. The highest BCUT2D eigenvalue weighted by atomic mass is 16.3. The summed E-state index contributed by atoms with van der Waals surface area (Å²) in [5, 5.41) is 12.8. The van der Waals surface area contributed by atoms with E-state index in [9.17, 15) is 5.11 Å². The van der Waals surface area contributed by atoms with Crippen LogP contribution in [0.25, 0.3) is 0 Å². The molecule has 2 rings (SSSR count). The predicted molar refractivity (Wildman–Crippen MR) is 70.0 cm³/mol. The number of hydrogen-bond acceptors (Lipinski definition) is 3. The second kappa shape index (κ2) is 6.03. The topological polar surface area (TPSA) is 35.5 Å². The van der Waals surface area contributed by atoms with Gasteiger partial charge in [0.1, 0.15) is 5.75 Å². The number of likely N-dealkylation sites (tertiary alicyclic amines) is 1. The Labute approximate surface area is 103 Å². The van der Waals surface area contributed by atoms with Gasteiger partial charge in [0, 0.05) is 13.1 Å². The van der Waals surface area contributed by atoms with Gasteiger partial charge in [-0.25, -0.2) is 0 Å². The molecule has 2 N–H and O–H groups in total. The second-order valence-corrected chi connectivity index (χ2v) is 5.07. The molecule has 0 aliphatic carbocycles. The molecule has 3 heteroatoms. The number of phenolic OH excluding ortho intramolecular Hbond substituents is 1. The molecule has 0 radical (unpaired) electrons. The van der Waals surface area contributed by atoms with E-state index in [0.29, 0.717) is 5.75 Å². The molecule has 0 aromatic heterocycles. The highest BCUT2D eigenvalue weighted by Gasteiger charge is 2.16. The number of hydrogen-bond donors (Lipinski definition) is 2. The normalized spacial score (nSPS) is 21.6. The number of aromatic hydroxyl groups is 1. The van der Waals surface area contributed by atoms with Gasteiger partial charge in [-0.15, -0.1) is 0 Å². The van der Waals surface area contributed by atoms with E-state index < -0.39 is 0 Å². The summed E-state index contributed by atoms with van der Waals surface area (Å²) in [6, 6.07) is 7.46. The van der Waals surface area contributed by atoms with Gasteiger partial charge in [0.05, 0.1) is 0 Å². The predicted octanol–water partition coefficient (Wildman–Crippen LogP) is 1.82. The molecule has 1 aromatic rings. The lowest BCUT2D eigenvalue weighted by Gasteiger charge is -2.29. The third-order valence-electron chi connectivity index (χ3n) is 3.39. The number of nitrogens with zero attached hydrogens (tertiary/aromatic N) is 1. The van der Waals surface area contributed by atoms with Gasteiger partial charge in [-0.05, 0) is 56.6 Å². The Bertz CT molecular complexity index is 354. The average molecular weight is 234 g/mol. The minimum absolute atomic E-state index is 0.349. The molecule has 0 amide bonds. The second-order valence-electron chi connectivity index (χ2n) is 5.07. The molecule has 1 fully saturated rings. The molecule has 1 atom stereocenters. The van der Waals surface area contributed by atoms with Gasteiger partial charge >= 0.3 is 0 Å². The maximum absolute atomic E-state index is 9.36. The third kappa shape index (κ3) is 4.02. The van der Waals surface area contributed by atoms with Crippen molar-refractivity contribution in [2.75, 3.05) is 26.7 Å². The molecule has 1 aliphatic rings. The fourth-order valence-corrected chi connectivity index (χ4v) is 2.53. The summed E-state index contributed by atoms with van der Waals surface area (Å²) >= 11 is 0. The third-order valence-corrected chi connectivity index (χ3v) is 3.39. The zero-order chi connectivity index (χ0) is 12.1. The molecule has 1 aromatic carbocycles. The van der Waals surface area contributed by atoms with Crippen molar-refractivity contribution in [1.82, 2.24) is 10.2 Å². The molecular weight excluding hydrogens is 212 g/mol. The Morgan fingerprint density at radius 3 is 3.12 bits per heavy atom. The molecule has 0 saturated carbocycles. The quantitative estimate of drug-likeness (QED) is 0.834. The summed E-state index contributed by atoms with van der Waals surface area (Å²) in [6.07, 6.45) is 2.65. The van der Waals surface area contributed by atoms with Crippen LogP contribution in [0, 0.1) is 5.92 Å². The van der Waals surface area contributed by atoms with Crippen molar-refractivity contribution in [3.05, 3.63) is 29.8 Å². The van der Waals surface area contributed by atoms with Crippen LogP contribution in [-0.4, -0.2) is 36.7 Å². The van der Waals surface area contributed by atoms with E-state index in [1.807, 2.05) is 18.2 Å². The first kappa shape index (κ1) is 12.4. The largest absolute Gasteiger partial charge is 0.508 e. The van der Waals surface area contributed by atoms with E-state index >= 15 is 0 Å². The molecule has 0 spiro atoms. The summed E-state index contributed by atoms with van der Waals surface area (Å²) < 4.78 is 0. The Hall–Kier alpha value is -1.06. The minimum atomic E-state index is 0.349. The van der Waals surface area contributed by atoms with Crippen molar-refractivity contribution >= 4 is 0 Å². The Kier molecular flexibility index (Phi) is 4.40. The summed E-state index contributed by atoms with van der Waals surface area (Å²) in [5.41, 5.74) is 1.15. The first-order valence-electron chi connectivity index (χ1n) is 6.41. The monoisotopic (exact) mass is 234 g/mol. The van der Waals surface area contributed by atoms with Crippen molar-refractivity contribution in [3.8, 4) is 5.75 Å². The lowest BCUT2D eigenvalue weighted by molar-refractivity contribution is 0.206. The van der Waals surface area contributed by atoms with E-state index in [1.54, 1.807) is 6.07 Å². The molecular formula is C14H22N2O. The minimum Gasteiger partial charge on any atom is -0.508 e. The highest BCUT2D eigenvalue weighted by molar-refractivity contribution is 5.26. The molecule has 17 heavy (non-hydrogen) atoms. The van der Waals surface area contributed by atoms with Crippen LogP contribution in [-0.2, 0) is 6.54 Å². The molecule has 1 unspecified atom stereocenters. The van der Waals surface area contributed by atoms with Crippen LogP contribution in [0.1, 0.15) is 18.4 Å². The molecule has 1 aliphatic heterocycles.